The largest absolute Gasteiger partial charge is 0.493 e. The van der Waals surface area contributed by atoms with Crippen molar-refractivity contribution in [2.24, 2.45) is 0 Å². The molecular weight excluding hydrogens is 242 g/mol. The Morgan fingerprint density at radius 2 is 2.06 bits per heavy atom. The van der Waals surface area contributed by atoms with Crippen LogP contribution in [0.4, 0.5) is 5.69 Å². The third kappa shape index (κ3) is 2.97. The Labute approximate surface area is 102 Å². The molecule has 1 aromatic carbocycles. The molecule has 0 aliphatic heterocycles. The molecule has 0 amide bonds. The van der Waals surface area contributed by atoms with Crippen LogP contribution in [0.5, 0.6) is 11.5 Å². The maximum Gasteiger partial charge on any atom is 0.328 e. The van der Waals surface area contributed by atoms with Crippen molar-refractivity contribution < 1.29 is 24.3 Å². The summed E-state index contributed by atoms with van der Waals surface area (Å²) in [5.41, 5.74) is 0.0450. The van der Waals surface area contributed by atoms with Crippen LogP contribution in [0, 0.1) is 10.1 Å². The molecule has 0 aliphatic rings. The van der Waals surface area contributed by atoms with Gasteiger partial charge in [0, 0.05) is 12.1 Å². The Kier molecular flexibility index (Phi) is 4.25. The molecule has 0 radical (unpaired) electrons. The lowest BCUT2D eigenvalue weighted by atomic mass is 10.1. The van der Waals surface area contributed by atoms with Gasteiger partial charge in [0.1, 0.15) is 0 Å². The van der Waals surface area contributed by atoms with E-state index >= 15 is 0 Å². The zero-order valence-electron chi connectivity index (χ0n) is 9.75. The second-order valence-corrected chi connectivity index (χ2v) is 3.20. The van der Waals surface area contributed by atoms with E-state index in [0.717, 1.165) is 6.08 Å². The van der Waals surface area contributed by atoms with Crippen molar-refractivity contribution in [3.8, 4) is 11.5 Å². The van der Waals surface area contributed by atoms with E-state index in [1.165, 1.54) is 32.4 Å². The average Bonchev–Trinajstić information content (AvgIpc) is 2.34. The molecule has 0 spiro atoms. The minimum absolute atomic E-state index is 0.00465. The molecule has 1 aromatic rings. The Morgan fingerprint density at radius 1 is 1.39 bits per heavy atom. The lowest BCUT2D eigenvalue weighted by molar-refractivity contribution is -0.385. The van der Waals surface area contributed by atoms with Crippen molar-refractivity contribution in [2.75, 3.05) is 14.2 Å². The van der Waals surface area contributed by atoms with E-state index in [1.807, 2.05) is 0 Å². The van der Waals surface area contributed by atoms with E-state index in [9.17, 15) is 14.9 Å². The third-order valence-corrected chi connectivity index (χ3v) is 2.10. The number of hydrogen-bond donors (Lipinski definition) is 1. The summed E-state index contributed by atoms with van der Waals surface area (Å²) >= 11 is 0. The molecule has 0 aliphatic carbocycles. The number of nitrogens with zero attached hydrogens (tertiary/aromatic N) is 1. The van der Waals surface area contributed by atoms with Gasteiger partial charge in [0.05, 0.1) is 19.1 Å². The fourth-order valence-electron chi connectivity index (χ4n) is 1.36. The highest BCUT2D eigenvalue weighted by Gasteiger charge is 2.20. The first-order valence-electron chi connectivity index (χ1n) is 4.81. The third-order valence-electron chi connectivity index (χ3n) is 2.10. The number of hydrogen-bond acceptors (Lipinski definition) is 5. The number of carbonyl (C=O) groups is 1. The molecule has 18 heavy (non-hydrogen) atoms. The lowest BCUT2D eigenvalue weighted by Gasteiger charge is -2.08. The number of nitro benzene ring substituents is 1. The molecule has 0 fully saturated rings. The van der Waals surface area contributed by atoms with Gasteiger partial charge in [0.25, 0.3) is 0 Å². The summed E-state index contributed by atoms with van der Waals surface area (Å²) in [4.78, 5) is 20.6. The molecule has 7 heteroatoms. The average molecular weight is 253 g/mol. The number of aliphatic carboxylic acids is 1. The number of methoxy groups -OCH3 is 2. The van der Waals surface area contributed by atoms with Gasteiger partial charge in [-0.25, -0.2) is 4.79 Å². The van der Waals surface area contributed by atoms with E-state index in [0.29, 0.717) is 5.56 Å². The highest BCUT2D eigenvalue weighted by molar-refractivity contribution is 5.85. The molecule has 0 atom stereocenters. The van der Waals surface area contributed by atoms with E-state index in [-0.39, 0.29) is 17.2 Å². The van der Waals surface area contributed by atoms with Crippen molar-refractivity contribution in [1.82, 2.24) is 0 Å². The van der Waals surface area contributed by atoms with Crippen molar-refractivity contribution in [3.05, 3.63) is 33.9 Å². The topological polar surface area (TPSA) is 98.9 Å². The molecule has 0 unspecified atom stereocenters. The van der Waals surface area contributed by atoms with Crippen LogP contribution in [-0.4, -0.2) is 30.2 Å². The molecule has 0 saturated heterocycles. The van der Waals surface area contributed by atoms with E-state index in [4.69, 9.17) is 14.6 Å². The minimum atomic E-state index is -1.15. The number of carboxylic acid groups (broad SMARTS) is 1. The molecule has 0 bridgehead atoms. The number of rotatable bonds is 5. The minimum Gasteiger partial charge on any atom is -0.493 e. The lowest BCUT2D eigenvalue weighted by Crippen LogP contribution is -1.98. The van der Waals surface area contributed by atoms with Crippen molar-refractivity contribution in [2.45, 2.75) is 0 Å². The zero-order chi connectivity index (χ0) is 13.7. The fraction of sp³-hybridized carbons (Fsp3) is 0.182. The monoisotopic (exact) mass is 253 g/mol. The van der Waals surface area contributed by atoms with E-state index in [1.54, 1.807) is 0 Å². The van der Waals surface area contributed by atoms with Crippen LogP contribution in [0.15, 0.2) is 18.2 Å². The number of benzene rings is 1. The van der Waals surface area contributed by atoms with Crippen molar-refractivity contribution in [1.29, 1.82) is 0 Å². The molecule has 1 rings (SSSR count). The highest BCUT2D eigenvalue weighted by Crippen LogP contribution is 2.38. The van der Waals surface area contributed by atoms with Crippen LogP contribution < -0.4 is 9.47 Å². The van der Waals surface area contributed by atoms with Gasteiger partial charge in [-0.15, -0.1) is 0 Å². The van der Waals surface area contributed by atoms with Gasteiger partial charge in [0.15, 0.2) is 5.75 Å². The van der Waals surface area contributed by atoms with Crippen molar-refractivity contribution >= 4 is 17.7 Å². The van der Waals surface area contributed by atoms with Crippen molar-refractivity contribution in [3.63, 3.8) is 0 Å². The summed E-state index contributed by atoms with van der Waals surface area (Å²) in [6.45, 7) is 0. The summed E-state index contributed by atoms with van der Waals surface area (Å²) in [5, 5.41) is 19.4. The van der Waals surface area contributed by atoms with Gasteiger partial charge in [0.2, 0.25) is 5.75 Å². The predicted octanol–water partition coefficient (Wildman–Crippen LogP) is 1.71. The van der Waals surface area contributed by atoms with Crippen LogP contribution in [-0.2, 0) is 4.79 Å². The normalized spacial score (nSPS) is 10.3. The van der Waals surface area contributed by atoms with Crippen LogP contribution in [0.1, 0.15) is 5.56 Å². The maximum absolute atomic E-state index is 10.9. The first kappa shape index (κ1) is 13.5. The zero-order valence-corrected chi connectivity index (χ0v) is 9.75. The second kappa shape index (κ2) is 5.67. The fourth-order valence-corrected chi connectivity index (χ4v) is 1.36. The number of ether oxygens (including phenoxy) is 2. The summed E-state index contributed by atoms with van der Waals surface area (Å²) in [6, 6.07) is 2.66. The van der Waals surface area contributed by atoms with Gasteiger partial charge in [-0.05, 0) is 17.7 Å². The summed E-state index contributed by atoms with van der Waals surface area (Å²) in [6.07, 6.45) is 2.11. The molecule has 0 aromatic heterocycles. The van der Waals surface area contributed by atoms with Gasteiger partial charge in [-0.1, -0.05) is 0 Å². The number of nitro groups is 1. The van der Waals surface area contributed by atoms with E-state index < -0.39 is 10.9 Å². The summed E-state index contributed by atoms with van der Waals surface area (Å²) in [7, 11) is 2.63. The maximum atomic E-state index is 10.9. The first-order chi connectivity index (χ1) is 8.49. The Bertz CT molecular complexity index is 509. The van der Waals surface area contributed by atoms with Gasteiger partial charge < -0.3 is 14.6 Å². The van der Waals surface area contributed by atoms with Crippen LogP contribution in [0.25, 0.3) is 6.08 Å². The molecular formula is C11H11NO6. The molecule has 96 valence electrons. The quantitative estimate of drug-likeness (QED) is 0.487. The summed E-state index contributed by atoms with van der Waals surface area (Å²) < 4.78 is 9.87. The second-order valence-electron chi connectivity index (χ2n) is 3.20. The Balaban J connectivity index is 3.36. The summed E-state index contributed by atoms with van der Waals surface area (Å²) in [5.74, 6) is -0.987. The number of carboxylic acids is 1. The SMILES string of the molecule is COc1cc(/C=C/C(=O)O)cc([N+](=O)[O-])c1OC. The van der Waals surface area contributed by atoms with E-state index in [2.05, 4.69) is 0 Å². The van der Waals surface area contributed by atoms with Crippen LogP contribution in [0.2, 0.25) is 0 Å². The van der Waals surface area contributed by atoms with Gasteiger partial charge in [-0.2, -0.15) is 0 Å². The molecule has 7 nitrogen and oxygen atoms in total. The Hall–Kier alpha value is -2.57. The Morgan fingerprint density at radius 3 is 2.50 bits per heavy atom. The molecule has 0 heterocycles. The standard InChI is InChI=1S/C11H11NO6/c1-17-9-6-7(3-4-10(13)14)5-8(12(15)16)11(9)18-2/h3-6H,1-2H3,(H,13,14)/b4-3+. The van der Waals surface area contributed by atoms with Gasteiger partial charge in [-0.3, -0.25) is 10.1 Å². The molecule has 0 saturated carbocycles. The molecule has 1 N–H and O–H groups in total. The highest BCUT2D eigenvalue weighted by atomic mass is 16.6. The van der Waals surface area contributed by atoms with Crippen LogP contribution in [0.3, 0.4) is 0 Å². The van der Waals surface area contributed by atoms with Crippen LogP contribution >= 0.6 is 0 Å². The van der Waals surface area contributed by atoms with Gasteiger partial charge >= 0.3 is 11.7 Å². The first-order valence-corrected chi connectivity index (χ1v) is 4.81. The smallest absolute Gasteiger partial charge is 0.328 e. The predicted molar refractivity (Wildman–Crippen MR) is 62.9 cm³/mol.